The highest BCUT2D eigenvalue weighted by Gasteiger charge is 2.26. The van der Waals surface area contributed by atoms with Crippen LogP contribution >= 0.6 is 15.9 Å². The summed E-state index contributed by atoms with van der Waals surface area (Å²) in [5.74, 6) is -1.29. The number of carbonyl (C=O) groups excluding carboxylic acids is 1. The minimum atomic E-state index is -0.713. The van der Waals surface area contributed by atoms with Crippen LogP contribution in [0.3, 0.4) is 0 Å². The van der Waals surface area contributed by atoms with E-state index in [4.69, 9.17) is 0 Å². The summed E-state index contributed by atoms with van der Waals surface area (Å²) in [6.07, 6.45) is 6.43. The number of hydrogen-bond donors (Lipinski definition) is 0. The summed E-state index contributed by atoms with van der Waals surface area (Å²) in [7, 11) is 1.22. The van der Waals surface area contributed by atoms with Crippen LogP contribution in [0.4, 0.5) is 4.39 Å². The number of carbonyl (C=O) groups is 1. The molecule has 0 unspecified atom stereocenters. The molecule has 1 aliphatic rings. The first-order valence-corrected chi connectivity index (χ1v) is 6.85. The van der Waals surface area contributed by atoms with Crippen molar-refractivity contribution in [3.05, 3.63) is 28.2 Å². The minimum Gasteiger partial charge on any atom is -0.465 e. The van der Waals surface area contributed by atoms with E-state index in [1.807, 2.05) is 10.8 Å². The van der Waals surface area contributed by atoms with Crippen LogP contribution in [0.1, 0.15) is 35.7 Å². The number of rotatable bonds is 2. The molecule has 0 aliphatic heterocycles. The van der Waals surface area contributed by atoms with Crippen molar-refractivity contribution in [1.29, 1.82) is 0 Å². The summed E-state index contributed by atoms with van der Waals surface area (Å²) in [4.78, 5) is 15.7. The number of hydrogen-bond acceptors (Lipinski definition) is 3. The van der Waals surface area contributed by atoms with Crippen molar-refractivity contribution in [3.63, 3.8) is 0 Å². The highest BCUT2D eigenvalue weighted by molar-refractivity contribution is 9.10. The van der Waals surface area contributed by atoms with Gasteiger partial charge in [-0.3, -0.25) is 0 Å². The standard InChI is InChI=1S/C13H12BrFN2O2/c1-19-13(18)8-5-16-12-10(11(8)15)9(14)6-17(12)7-3-2-4-7/h5-7H,2-4H2,1H3. The van der Waals surface area contributed by atoms with Crippen molar-refractivity contribution in [2.75, 3.05) is 7.11 Å². The van der Waals surface area contributed by atoms with Gasteiger partial charge in [0.15, 0.2) is 5.82 Å². The van der Waals surface area contributed by atoms with Crippen LogP contribution in [-0.2, 0) is 4.74 Å². The van der Waals surface area contributed by atoms with Gasteiger partial charge in [-0.25, -0.2) is 14.2 Å². The van der Waals surface area contributed by atoms with Crippen molar-refractivity contribution >= 4 is 32.9 Å². The van der Waals surface area contributed by atoms with Crippen molar-refractivity contribution in [2.45, 2.75) is 25.3 Å². The van der Waals surface area contributed by atoms with Gasteiger partial charge in [-0.1, -0.05) is 0 Å². The molecule has 1 fully saturated rings. The molecule has 4 nitrogen and oxygen atoms in total. The molecule has 2 heterocycles. The average Bonchev–Trinajstić information content (AvgIpc) is 2.65. The molecule has 1 aliphatic carbocycles. The summed E-state index contributed by atoms with van der Waals surface area (Å²) in [6, 6.07) is 0.379. The van der Waals surface area contributed by atoms with Gasteiger partial charge in [0.25, 0.3) is 0 Å². The molecule has 0 N–H and O–H groups in total. The number of ether oxygens (including phenoxy) is 1. The fourth-order valence-corrected chi connectivity index (χ4v) is 2.90. The predicted molar refractivity (Wildman–Crippen MR) is 71.6 cm³/mol. The van der Waals surface area contributed by atoms with Crippen LogP contribution in [0, 0.1) is 5.82 Å². The number of methoxy groups -OCH3 is 1. The fraction of sp³-hybridized carbons (Fsp3) is 0.385. The van der Waals surface area contributed by atoms with Gasteiger partial charge in [-0.05, 0) is 35.2 Å². The Hall–Kier alpha value is -1.43. The molecule has 6 heteroatoms. The summed E-state index contributed by atoms with van der Waals surface area (Å²) < 4.78 is 21.5. The molecular formula is C13H12BrFN2O2. The maximum Gasteiger partial charge on any atom is 0.342 e. The molecule has 0 amide bonds. The Balaban J connectivity index is 2.20. The van der Waals surface area contributed by atoms with E-state index in [-0.39, 0.29) is 5.56 Å². The summed E-state index contributed by atoms with van der Waals surface area (Å²) in [5, 5.41) is 0.342. The van der Waals surface area contributed by atoms with Gasteiger partial charge < -0.3 is 9.30 Å². The zero-order valence-electron chi connectivity index (χ0n) is 10.3. The van der Waals surface area contributed by atoms with E-state index in [0.29, 0.717) is 21.5 Å². The second-order valence-electron chi connectivity index (χ2n) is 4.65. The topological polar surface area (TPSA) is 44.1 Å². The second-order valence-corrected chi connectivity index (χ2v) is 5.50. The van der Waals surface area contributed by atoms with Gasteiger partial charge in [-0.2, -0.15) is 0 Å². The maximum atomic E-state index is 14.4. The van der Waals surface area contributed by atoms with E-state index < -0.39 is 11.8 Å². The van der Waals surface area contributed by atoms with Gasteiger partial charge in [-0.15, -0.1) is 0 Å². The van der Waals surface area contributed by atoms with E-state index >= 15 is 0 Å². The summed E-state index contributed by atoms with van der Waals surface area (Å²) in [6.45, 7) is 0. The molecule has 0 bridgehead atoms. The lowest BCUT2D eigenvalue weighted by Gasteiger charge is -2.27. The quantitative estimate of drug-likeness (QED) is 0.794. The van der Waals surface area contributed by atoms with Crippen LogP contribution in [0.25, 0.3) is 11.0 Å². The molecule has 2 aromatic rings. The van der Waals surface area contributed by atoms with Crippen molar-refractivity contribution in [3.8, 4) is 0 Å². The van der Waals surface area contributed by atoms with E-state index in [0.717, 1.165) is 12.8 Å². The molecule has 0 spiro atoms. The Bertz CT molecular complexity index is 664. The van der Waals surface area contributed by atoms with E-state index in [9.17, 15) is 9.18 Å². The Labute approximate surface area is 117 Å². The summed E-state index contributed by atoms with van der Waals surface area (Å²) >= 11 is 3.34. The first kappa shape index (κ1) is 12.6. The SMILES string of the molecule is COC(=O)c1cnc2c(c(Br)cn2C2CCC2)c1F. The molecule has 0 radical (unpaired) electrons. The van der Waals surface area contributed by atoms with Gasteiger partial charge in [0.2, 0.25) is 0 Å². The number of nitrogens with zero attached hydrogens (tertiary/aromatic N) is 2. The largest absolute Gasteiger partial charge is 0.465 e. The minimum absolute atomic E-state index is 0.137. The Morgan fingerprint density at radius 1 is 1.58 bits per heavy atom. The molecule has 1 saturated carbocycles. The van der Waals surface area contributed by atoms with Gasteiger partial charge >= 0.3 is 5.97 Å². The van der Waals surface area contributed by atoms with Crippen LogP contribution in [0.15, 0.2) is 16.9 Å². The van der Waals surface area contributed by atoms with Crippen LogP contribution in [0.5, 0.6) is 0 Å². The van der Waals surface area contributed by atoms with Gasteiger partial charge in [0.05, 0.1) is 12.5 Å². The second kappa shape index (κ2) is 4.59. The molecular weight excluding hydrogens is 315 g/mol. The third kappa shape index (κ3) is 1.85. The third-order valence-corrected chi connectivity index (χ3v) is 4.21. The first-order valence-electron chi connectivity index (χ1n) is 6.06. The number of aromatic nitrogens is 2. The van der Waals surface area contributed by atoms with Gasteiger partial charge in [0, 0.05) is 22.9 Å². The summed E-state index contributed by atoms with van der Waals surface area (Å²) in [5.41, 5.74) is 0.434. The van der Waals surface area contributed by atoms with Crippen molar-refractivity contribution < 1.29 is 13.9 Å². The highest BCUT2D eigenvalue weighted by Crippen LogP contribution is 2.38. The normalized spacial score (nSPS) is 15.5. The number of halogens is 2. The molecule has 0 atom stereocenters. The number of pyridine rings is 1. The lowest BCUT2D eigenvalue weighted by molar-refractivity contribution is 0.0595. The van der Waals surface area contributed by atoms with Crippen LogP contribution < -0.4 is 0 Å². The van der Waals surface area contributed by atoms with E-state index in [2.05, 4.69) is 25.7 Å². The maximum absolute atomic E-state index is 14.4. The fourth-order valence-electron chi connectivity index (χ4n) is 2.33. The third-order valence-electron chi connectivity index (χ3n) is 3.60. The van der Waals surface area contributed by atoms with Crippen LogP contribution in [-0.4, -0.2) is 22.6 Å². The van der Waals surface area contributed by atoms with Crippen LogP contribution in [0.2, 0.25) is 0 Å². The number of esters is 1. The zero-order chi connectivity index (χ0) is 13.6. The lowest BCUT2D eigenvalue weighted by atomic mass is 9.93. The highest BCUT2D eigenvalue weighted by atomic mass is 79.9. The zero-order valence-corrected chi connectivity index (χ0v) is 11.9. The molecule has 100 valence electrons. The Morgan fingerprint density at radius 3 is 2.89 bits per heavy atom. The van der Waals surface area contributed by atoms with Gasteiger partial charge in [0.1, 0.15) is 11.2 Å². The first-order chi connectivity index (χ1) is 9.13. The van der Waals surface area contributed by atoms with Crippen molar-refractivity contribution in [1.82, 2.24) is 9.55 Å². The monoisotopic (exact) mass is 326 g/mol. The Morgan fingerprint density at radius 2 is 2.32 bits per heavy atom. The number of fused-ring (bicyclic) bond motifs is 1. The lowest BCUT2D eigenvalue weighted by Crippen LogP contribution is -2.16. The molecule has 3 rings (SSSR count). The Kier molecular flexibility index (Phi) is 3.05. The molecule has 0 saturated heterocycles. The molecule has 19 heavy (non-hydrogen) atoms. The average molecular weight is 327 g/mol. The van der Waals surface area contributed by atoms with E-state index in [1.165, 1.54) is 19.7 Å². The van der Waals surface area contributed by atoms with Crippen molar-refractivity contribution in [2.24, 2.45) is 0 Å². The molecule has 0 aromatic carbocycles. The van der Waals surface area contributed by atoms with E-state index in [1.54, 1.807) is 0 Å². The molecule has 2 aromatic heterocycles. The smallest absolute Gasteiger partial charge is 0.342 e. The predicted octanol–water partition coefficient (Wildman–Crippen LogP) is 3.45.